The van der Waals surface area contributed by atoms with Crippen LogP contribution in [0.4, 0.5) is 5.69 Å². The van der Waals surface area contributed by atoms with Crippen molar-refractivity contribution in [1.82, 2.24) is 5.32 Å². The van der Waals surface area contributed by atoms with Gasteiger partial charge >= 0.3 is 0 Å². The Hall–Kier alpha value is -1.75. The van der Waals surface area contributed by atoms with E-state index in [1.807, 2.05) is 38.1 Å². The SMILES string of the molecule is CC(C)CC(O)CNC(=O)C1CNc2ccccc2O1. The summed E-state index contributed by atoms with van der Waals surface area (Å²) in [6, 6.07) is 7.52. The number of hydrogen-bond donors (Lipinski definition) is 3. The van der Waals surface area contributed by atoms with E-state index in [4.69, 9.17) is 4.74 Å². The maximum Gasteiger partial charge on any atom is 0.263 e. The molecule has 0 saturated carbocycles. The lowest BCUT2D eigenvalue weighted by Gasteiger charge is -2.26. The van der Waals surface area contributed by atoms with Gasteiger partial charge in [0.05, 0.1) is 18.3 Å². The highest BCUT2D eigenvalue weighted by Gasteiger charge is 2.25. The molecule has 1 aromatic rings. The van der Waals surface area contributed by atoms with Crippen LogP contribution in [-0.2, 0) is 4.79 Å². The third-order valence-electron chi connectivity index (χ3n) is 3.18. The largest absolute Gasteiger partial charge is 0.477 e. The molecule has 20 heavy (non-hydrogen) atoms. The minimum absolute atomic E-state index is 0.199. The second-order valence-corrected chi connectivity index (χ2v) is 5.51. The van der Waals surface area contributed by atoms with Crippen LogP contribution in [0.3, 0.4) is 0 Å². The van der Waals surface area contributed by atoms with Gasteiger partial charge in [-0.15, -0.1) is 0 Å². The van der Waals surface area contributed by atoms with Crippen LogP contribution in [0.5, 0.6) is 5.75 Å². The molecule has 0 saturated heterocycles. The molecule has 0 aromatic heterocycles. The molecule has 2 rings (SSSR count). The van der Waals surface area contributed by atoms with Crippen molar-refractivity contribution in [2.45, 2.75) is 32.5 Å². The summed E-state index contributed by atoms with van der Waals surface area (Å²) < 4.78 is 5.65. The molecule has 0 aliphatic carbocycles. The van der Waals surface area contributed by atoms with Crippen LogP contribution < -0.4 is 15.4 Å². The topological polar surface area (TPSA) is 70.6 Å². The average Bonchev–Trinajstić information content (AvgIpc) is 2.43. The minimum atomic E-state index is -0.559. The van der Waals surface area contributed by atoms with Crippen LogP contribution >= 0.6 is 0 Å². The van der Waals surface area contributed by atoms with E-state index in [2.05, 4.69) is 10.6 Å². The zero-order valence-electron chi connectivity index (χ0n) is 11.9. The molecule has 5 heteroatoms. The summed E-state index contributed by atoms with van der Waals surface area (Å²) in [6.07, 6.45) is -0.397. The van der Waals surface area contributed by atoms with E-state index in [1.165, 1.54) is 0 Å². The van der Waals surface area contributed by atoms with Crippen LogP contribution in [0.25, 0.3) is 0 Å². The van der Waals surface area contributed by atoms with Crippen molar-refractivity contribution in [2.24, 2.45) is 5.92 Å². The van der Waals surface area contributed by atoms with Crippen molar-refractivity contribution in [2.75, 3.05) is 18.4 Å². The van der Waals surface area contributed by atoms with Gasteiger partial charge in [-0.3, -0.25) is 4.79 Å². The molecule has 1 amide bonds. The monoisotopic (exact) mass is 278 g/mol. The Kier molecular flexibility index (Phi) is 4.84. The normalized spacial score (nSPS) is 18.7. The molecule has 110 valence electrons. The van der Waals surface area contributed by atoms with Gasteiger partial charge in [0.2, 0.25) is 0 Å². The molecule has 0 bridgehead atoms. The van der Waals surface area contributed by atoms with Crippen molar-refractivity contribution in [3.8, 4) is 5.75 Å². The van der Waals surface area contributed by atoms with Gasteiger partial charge < -0.3 is 20.5 Å². The van der Waals surface area contributed by atoms with Crippen LogP contribution in [0.2, 0.25) is 0 Å². The third kappa shape index (κ3) is 3.87. The lowest BCUT2D eigenvalue weighted by Crippen LogP contribution is -2.46. The molecule has 1 aliphatic rings. The smallest absolute Gasteiger partial charge is 0.263 e. The number of anilines is 1. The van der Waals surface area contributed by atoms with E-state index >= 15 is 0 Å². The number of aliphatic hydroxyl groups excluding tert-OH is 1. The van der Waals surface area contributed by atoms with E-state index in [-0.39, 0.29) is 12.5 Å². The van der Waals surface area contributed by atoms with Gasteiger partial charge in [-0.2, -0.15) is 0 Å². The number of fused-ring (bicyclic) bond motifs is 1. The fraction of sp³-hybridized carbons (Fsp3) is 0.533. The summed E-state index contributed by atoms with van der Waals surface area (Å²) in [5, 5.41) is 15.7. The van der Waals surface area contributed by atoms with Crippen molar-refractivity contribution in [3.63, 3.8) is 0 Å². The van der Waals surface area contributed by atoms with Gasteiger partial charge in [0.25, 0.3) is 5.91 Å². The standard InChI is InChI=1S/C15H22N2O3/c1-10(2)7-11(18)8-17-15(19)14-9-16-12-5-3-4-6-13(12)20-14/h3-6,10-11,14,16,18H,7-9H2,1-2H3,(H,17,19). The van der Waals surface area contributed by atoms with Crippen molar-refractivity contribution in [3.05, 3.63) is 24.3 Å². The van der Waals surface area contributed by atoms with Crippen molar-refractivity contribution < 1.29 is 14.6 Å². The number of carbonyl (C=O) groups excluding carboxylic acids is 1. The van der Waals surface area contributed by atoms with E-state index in [9.17, 15) is 9.90 Å². The van der Waals surface area contributed by atoms with E-state index < -0.39 is 12.2 Å². The van der Waals surface area contributed by atoms with Gasteiger partial charge in [-0.05, 0) is 24.5 Å². The second-order valence-electron chi connectivity index (χ2n) is 5.51. The molecule has 2 atom stereocenters. The van der Waals surface area contributed by atoms with E-state index in [0.29, 0.717) is 24.6 Å². The van der Waals surface area contributed by atoms with Crippen LogP contribution in [-0.4, -0.2) is 36.3 Å². The average molecular weight is 278 g/mol. The highest BCUT2D eigenvalue weighted by Crippen LogP contribution is 2.28. The zero-order chi connectivity index (χ0) is 14.5. The van der Waals surface area contributed by atoms with Gasteiger partial charge in [0, 0.05) is 6.54 Å². The molecule has 3 N–H and O–H groups in total. The molecule has 1 heterocycles. The minimum Gasteiger partial charge on any atom is -0.477 e. The van der Waals surface area contributed by atoms with Crippen LogP contribution in [0.15, 0.2) is 24.3 Å². The lowest BCUT2D eigenvalue weighted by atomic mass is 10.1. The summed E-state index contributed by atoms with van der Waals surface area (Å²) in [7, 11) is 0. The first-order chi connectivity index (χ1) is 9.56. The predicted octanol–water partition coefficient (Wildman–Crippen LogP) is 1.38. The molecular formula is C15H22N2O3. The number of rotatable bonds is 5. The first-order valence-electron chi connectivity index (χ1n) is 7.01. The summed E-state index contributed by atoms with van der Waals surface area (Å²) in [4.78, 5) is 12.0. The number of ether oxygens (including phenoxy) is 1. The Morgan fingerprint density at radius 1 is 1.50 bits per heavy atom. The number of para-hydroxylation sites is 2. The summed E-state index contributed by atoms with van der Waals surface area (Å²) in [5.41, 5.74) is 0.899. The van der Waals surface area contributed by atoms with Crippen molar-refractivity contribution >= 4 is 11.6 Å². The predicted molar refractivity (Wildman–Crippen MR) is 77.8 cm³/mol. The van der Waals surface area contributed by atoms with Gasteiger partial charge in [0.15, 0.2) is 6.10 Å². The summed E-state index contributed by atoms with van der Waals surface area (Å²) in [6.45, 7) is 4.77. The fourth-order valence-electron chi connectivity index (χ4n) is 2.22. The second kappa shape index (κ2) is 6.61. The maximum absolute atomic E-state index is 12.0. The Balaban J connectivity index is 1.83. The lowest BCUT2D eigenvalue weighted by molar-refractivity contribution is -0.128. The Morgan fingerprint density at radius 2 is 2.25 bits per heavy atom. The Labute approximate surface area is 119 Å². The van der Waals surface area contributed by atoms with Gasteiger partial charge in [-0.25, -0.2) is 0 Å². The molecule has 2 unspecified atom stereocenters. The molecule has 1 aliphatic heterocycles. The first-order valence-corrected chi connectivity index (χ1v) is 7.01. The molecule has 0 radical (unpaired) electrons. The van der Waals surface area contributed by atoms with Crippen molar-refractivity contribution in [1.29, 1.82) is 0 Å². The number of aliphatic hydroxyl groups is 1. The number of benzene rings is 1. The highest BCUT2D eigenvalue weighted by molar-refractivity contribution is 5.83. The Morgan fingerprint density at radius 3 is 3.00 bits per heavy atom. The molecule has 1 aromatic carbocycles. The first kappa shape index (κ1) is 14.7. The molecule has 5 nitrogen and oxygen atoms in total. The van der Waals surface area contributed by atoms with E-state index in [0.717, 1.165) is 5.69 Å². The number of hydrogen-bond acceptors (Lipinski definition) is 4. The van der Waals surface area contributed by atoms with Gasteiger partial charge in [0.1, 0.15) is 5.75 Å². The van der Waals surface area contributed by atoms with E-state index in [1.54, 1.807) is 0 Å². The molecule has 0 spiro atoms. The Bertz CT molecular complexity index is 462. The maximum atomic E-state index is 12.0. The third-order valence-corrected chi connectivity index (χ3v) is 3.18. The number of carbonyl (C=O) groups is 1. The molecular weight excluding hydrogens is 256 g/mol. The fourth-order valence-corrected chi connectivity index (χ4v) is 2.22. The summed E-state index contributed by atoms with van der Waals surface area (Å²) in [5.74, 6) is 0.887. The zero-order valence-corrected chi connectivity index (χ0v) is 11.9. The van der Waals surface area contributed by atoms with Gasteiger partial charge in [-0.1, -0.05) is 26.0 Å². The molecule has 0 fully saturated rings. The van der Waals surface area contributed by atoms with Crippen LogP contribution in [0, 0.1) is 5.92 Å². The number of nitrogens with one attached hydrogen (secondary N) is 2. The quantitative estimate of drug-likeness (QED) is 0.761. The number of amides is 1. The van der Waals surface area contributed by atoms with Crippen LogP contribution in [0.1, 0.15) is 20.3 Å². The summed E-state index contributed by atoms with van der Waals surface area (Å²) >= 11 is 0. The highest BCUT2D eigenvalue weighted by atomic mass is 16.5.